The van der Waals surface area contributed by atoms with Crippen molar-refractivity contribution in [3.05, 3.63) is 30.4 Å². The topological polar surface area (TPSA) is 71.1 Å². The van der Waals surface area contributed by atoms with E-state index in [2.05, 4.69) is 21.0 Å². The first-order valence-corrected chi connectivity index (χ1v) is 7.54. The molecule has 3 rings (SSSR count). The first-order valence-electron chi connectivity index (χ1n) is 7.54. The van der Waals surface area contributed by atoms with Gasteiger partial charge in [-0.15, -0.1) is 0 Å². The molecule has 6 nitrogen and oxygen atoms in total. The van der Waals surface area contributed by atoms with Crippen LogP contribution in [0.3, 0.4) is 0 Å². The van der Waals surface area contributed by atoms with Crippen LogP contribution < -0.4 is 0 Å². The lowest BCUT2D eigenvalue weighted by atomic mass is 10.0. The third kappa shape index (κ3) is 2.95. The Bertz CT molecular complexity index is 705. The van der Waals surface area contributed by atoms with E-state index in [1.165, 1.54) is 0 Å². The zero-order valence-electron chi connectivity index (χ0n) is 12.9. The van der Waals surface area contributed by atoms with Crippen molar-refractivity contribution in [2.75, 3.05) is 19.7 Å². The Morgan fingerprint density at radius 2 is 2.32 bits per heavy atom. The van der Waals surface area contributed by atoms with Gasteiger partial charge in [0.2, 0.25) is 0 Å². The average Bonchev–Trinajstić information content (AvgIpc) is 3.01. The Morgan fingerprint density at radius 3 is 3.05 bits per heavy atom. The first-order chi connectivity index (χ1) is 10.6. The second-order valence-electron chi connectivity index (χ2n) is 5.86. The molecule has 3 heterocycles. The molecule has 1 aliphatic rings. The third-order valence-electron chi connectivity index (χ3n) is 3.67. The van der Waals surface area contributed by atoms with Crippen LogP contribution in [0.25, 0.3) is 16.6 Å². The quantitative estimate of drug-likeness (QED) is 0.946. The van der Waals surface area contributed by atoms with Crippen molar-refractivity contribution in [1.29, 1.82) is 0 Å². The van der Waals surface area contributed by atoms with Crippen LogP contribution in [0.1, 0.15) is 26.0 Å². The van der Waals surface area contributed by atoms with E-state index in [1.807, 2.05) is 26.1 Å². The number of hydrogen-bond donors (Lipinski definition) is 1. The molecule has 22 heavy (non-hydrogen) atoms. The second kappa shape index (κ2) is 6.17. The predicted molar refractivity (Wildman–Crippen MR) is 84.2 cm³/mol. The van der Waals surface area contributed by atoms with Gasteiger partial charge in [-0.3, -0.25) is 0 Å². The van der Waals surface area contributed by atoms with Crippen LogP contribution in [-0.2, 0) is 4.74 Å². The highest BCUT2D eigenvalue weighted by Gasteiger charge is 2.21. The molecule has 0 atom stereocenters. The van der Waals surface area contributed by atoms with E-state index >= 15 is 0 Å². The Kier molecular flexibility index (Phi) is 4.09. The number of rotatable bonds is 3. The fourth-order valence-electron chi connectivity index (χ4n) is 2.51. The van der Waals surface area contributed by atoms with Gasteiger partial charge in [-0.05, 0) is 24.0 Å². The summed E-state index contributed by atoms with van der Waals surface area (Å²) in [7, 11) is 0. The molecule has 0 fully saturated rings. The summed E-state index contributed by atoms with van der Waals surface area (Å²) in [5, 5.41) is 1.02. The summed E-state index contributed by atoms with van der Waals surface area (Å²) < 4.78 is 5.27. The molecule has 0 bridgehead atoms. The molecule has 2 aromatic rings. The average molecular weight is 300 g/mol. The van der Waals surface area contributed by atoms with Gasteiger partial charge in [-0.25, -0.2) is 14.8 Å². The van der Waals surface area contributed by atoms with E-state index in [0.29, 0.717) is 25.6 Å². The number of ether oxygens (including phenoxy) is 1. The molecule has 0 unspecified atom stereocenters. The number of amides is 1. The Morgan fingerprint density at radius 1 is 1.45 bits per heavy atom. The number of aromatic nitrogens is 3. The van der Waals surface area contributed by atoms with E-state index in [4.69, 9.17) is 4.74 Å². The van der Waals surface area contributed by atoms with Crippen molar-refractivity contribution in [1.82, 2.24) is 19.9 Å². The molecule has 2 aromatic heterocycles. The second-order valence-corrected chi connectivity index (χ2v) is 5.86. The van der Waals surface area contributed by atoms with Crippen LogP contribution in [0.2, 0.25) is 0 Å². The normalized spacial score (nSPS) is 15.2. The van der Waals surface area contributed by atoms with Crippen LogP contribution in [0, 0.1) is 5.92 Å². The SMILES string of the molecule is CC(C)COC(=O)N1CC=C(c2ncnc3[nH]ccc23)CC1. The molecule has 0 saturated carbocycles. The van der Waals surface area contributed by atoms with E-state index in [1.54, 1.807) is 11.2 Å². The molecule has 0 saturated heterocycles. The Labute approximate surface area is 129 Å². The van der Waals surface area contributed by atoms with E-state index in [-0.39, 0.29) is 6.09 Å². The predicted octanol–water partition coefficient (Wildman–Crippen LogP) is 2.84. The fraction of sp³-hybridized carbons (Fsp3) is 0.438. The lowest BCUT2D eigenvalue weighted by Gasteiger charge is -2.26. The summed E-state index contributed by atoms with van der Waals surface area (Å²) in [6.07, 6.45) is 6.02. The van der Waals surface area contributed by atoms with Gasteiger partial charge in [0.05, 0.1) is 12.3 Å². The summed E-state index contributed by atoms with van der Waals surface area (Å²) >= 11 is 0. The number of nitrogens with zero attached hydrogens (tertiary/aromatic N) is 3. The Balaban J connectivity index is 1.71. The minimum absolute atomic E-state index is 0.238. The minimum Gasteiger partial charge on any atom is -0.449 e. The maximum atomic E-state index is 12.0. The molecular weight excluding hydrogens is 280 g/mol. The fourth-order valence-corrected chi connectivity index (χ4v) is 2.51. The maximum Gasteiger partial charge on any atom is 0.410 e. The number of nitrogens with one attached hydrogen (secondary N) is 1. The molecule has 116 valence electrons. The molecule has 0 aromatic carbocycles. The highest BCUT2D eigenvalue weighted by atomic mass is 16.6. The molecular formula is C16H20N4O2. The number of fused-ring (bicyclic) bond motifs is 1. The highest BCUT2D eigenvalue weighted by Crippen LogP contribution is 2.26. The number of carbonyl (C=O) groups is 1. The van der Waals surface area contributed by atoms with Gasteiger partial charge < -0.3 is 14.6 Å². The summed E-state index contributed by atoms with van der Waals surface area (Å²) in [6, 6.07) is 1.98. The number of carbonyl (C=O) groups excluding carboxylic acids is 1. The van der Waals surface area contributed by atoms with Crippen LogP contribution >= 0.6 is 0 Å². The summed E-state index contributed by atoms with van der Waals surface area (Å²) in [5.41, 5.74) is 2.94. The molecule has 1 amide bonds. The zero-order valence-corrected chi connectivity index (χ0v) is 12.9. The lowest BCUT2D eigenvalue weighted by Crippen LogP contribution is -2.35. The summed E-state index contributed by atoms with van der Waals surface area (Å²) in [5.74, 6) is 0.350. The van der Waals surface area contributed by atoms with Crippen molar-refractivity contribution in [3.8, 4) is 0 Å². The zero-order chi connectivity index (χ0) is 15.5. The largest absolute Gasteiger partial charge is 0.449 e. The number of aromatic amines is 1. The van der Waals surface area contributed by atoms with Gasteiger partial charge in [0.25, 0.3) is 0 Å². The van der Waals surface area contributed by atoms with Crippen molar-refractivity contribution >= 4 is 22.7 Å². The standard InChI is InChI=1S/C16H20N4O2/c1-11(2)9-22-16(21)20-7-4-12(5-8-20)14-13-3-6-17-15(13)19-10-18-14/h3-4,6,10-11H,5,7-9H2,1-2H3,(H,17,18,19). The molecule has 1 aliphatic heterocycles. The Hall–Kier alpha value is -2.37. The van der Waals surface area contributed by atoms with Gasteiger partial charge in [0.1, 0.15) is 12.0 Å². The van der Waals surface area contributed by atoms with Gasteiger partial charge >= 0.3 is 6.09 Å². The van der Waals surface area contributed by atoms with Crippen molar-refractivity contribution < 1.29 is 9.53 Å². The van der Waals surface area contributed by atoms with Crippen LogP contribution in [0.4, 0.5) is 4.79 Å². The number of hydrogen-bond acceptors (Lipinski definition) is 4. The van der Waals surface area contributed by atoms with Crippen LogP contribution in [0.15, 0.2) is 24.7 Å². The molecule has 1 N–H and O–H groups in total. The smallest absolute Gasteiger partial charge is 0.410 e. The number of H-pyrrole nitrogens is 1. The molecule has 6 heteroatoms. The molecule has 0 spiro atoms. The molecule has 0 radical (unpaired) electrons. The summed E-state index contributed by atoms with van der Waals surface area (Å²) in [6.45, 7) is 5.72. The molecule has 0 aliphatic carbocycles. The van der Waals surface area contributed by atoms with Gasteiger partial charge in [0.15, 0.2) is 0 Å². The minimum atomic E-state index is -0.238. The monoisotopic (exact) mass is 300 g/mol. The van der Waals surface area contributed by atoms with E-state index in [0.717, 1.165) is 28.7 Å². The lowest BCUT2D eigenvalue weighted by molar-refractivity contribution is 0.0954. The van der Waals surface area contributed by atoms with Crippen molar-refractivity contribution in [3.63, 3.8) is 0 Å². The third-order valence-corrected chi connectivity index (χ3v) is 3.67. The van der Waals surface area contributed by atoms with Crippen molar-refractivity contribution in [2.24, 2.45) is 5.92 Å². The van der Waals surface area contributed by atoms with Gasteiger partial charge in [-0.1, -0.05) is 19.9 Å². The first kappa shape index (κ1) is 14.6. The highest BCUT2D eigenvalue weighted by molar-refractivity contribution is 5.88. The van der Waals surface area contributed by atoms with Crippen LogP contribution in [-0.4, -0.2) is 45.6 Å². The van der Waals surface area contributed by atoms with Crippen LogP contribution in [0.5, 0.6) is 0 Å². The van der Waals surface area contributed by atoms with Gasteiger partial charge in [0, 0.05) is 24.7 Å². The maximum absolute atomic E-state index is 12.0. The summed E-state index contributed by atoms with van der Waals surface area (Å²) in [4.78, 5) is 25.4. The van der Waals surface area contributed by atoms with Gasteiger partial charge in [-0.2, -0.15) is 0 Å². The van der Waals surface area contributed by atoms with E-state index in [9.17, 15) is 4.79 Å². The van der Waals surface area contributed by atoms with E-state index < -0.39 is 0 Å². The van der Waals surface area contributed by atoms with Crippen molar-refractivity contribution in [2.45, 2.75) is 20.3 Å².